The van der Waals surface area contributed by atoms with Crippen LogP contribution in [-0.4, -0.2) is 113 Å². The predicted molar refractivity (Wildman–Crippen MR) is 198 cm³/mol. The molecule has 6 rings (SSSR count). The van der Waals surface area contributed by atoms with Crippen molar-refractivity contribution < 1.29 is 31.3 Å². The first-order valence-electron chi connectivity index (χ1n) is 16.9. The fraction of sp³-hybridized carbons (Fsp3) is 0.618. The largest absolute Gasteiger partial charge is 0.467 e. The van der Waals surface area contributed by atoms with Gasteiger partial charge in [-0.2, -0.15) is 49.3 Å². The zero-order chi connectivity index (χ0) is 38.2. The van der Waals surface area contributed by atoms with Crippen LogP contribution in [0.3, 0.4) is 0 Å². The van der Waals surface area contributed by atoms with Crippen LogP contribution in [0, 0.1) is 11.3 Å². The molecule has 1 atom stereocenters. The number of amides is 1. The standard InChI is InChI=1S/C27H30F4N8O3S.C5H11N.C2H6S/c1-26(2,3)42-25(40)38-12-11-37(14-16(38)7-9-32)23-17-8-10-36(15-20(17)34-24(35-23)41-4)22-18-13-33-39(43-31)21(18)6-5-19(22)27(28,29)30;1-6-4-2-3-5-6;1-3-2/h5-6,13,16H,7-8,10-12,14-15H2,1-4H3;2-5H2,1H3;1-2H3. The van der Waals surface area contributed by atoms with Gasteiger partial charge in [0.15, 0.2) is 12.3 Å². The maximum Gasteiger partial charge on any atom is 0.418 e. The lowest BCUT2D eigenvalue weighted by Crippen LogP contribution is -2.56. The lowest BCUT2D eigenvalue weighted by molar-refractivity contribution is -0.137. The number of hydrogen-bond acceptors (Lipinski definition) is 12. The fourth-order valence-corrected chi connectivity index (χ4v) is 6.70. The molecule has 286 valence electrons. The highest BCUT2D eigenvalue weighted by atomic mass is 32.2. The monoisotopic (exact) mass is 769 g/mol. The molecule has 0 radical (unpaired) electrons. The number of hydrogen-bond donors (Lipinski definition) is 0. The van der Waals surface area contributed by atoms with Gasteiger partial charge in [0.05, 0.1) is 60.8 Å². The molecule has 5 heterocycles. The molecule has 3 aliphatic heterocycles. The Morgan fingerprint density at radius 3 is 2.31 bits per heavy atom. The zero-order valence-corrected chi connectivity index (χ0v) is 32.3. The third-order valence-corrected chi connectivity index (χ3v) is 9.07. The van der Waals surface area contributed by atoms with Crippen LogP contribution in [0.25, 0.3) is 10.9 Å². The van der Waals surface area contributed by atoms with Crippen LogP contribution in [0.2, 0.25) is 0 Å². The van der Waals surface area contributed by atoms with Gasteiger partial charge in [-0.15, -0.1) is 3.89 Å². The smallest absolute Gasteiger partial charge is 0.418 e. The number of rotatable bonds is 5. The van der Waals surface area contributed by atoms with Crippen molar-refractivity contribution in [1.29, 1.82) is 5.26 Å². The number of carbonyl (C=O) groups excluding carboxylic acids is 1. The van der Waals surface area contributed by atoms with Gasteiger partial charge in [0.25, 0.3) is 0 Å². The second-order valence-corrected chi connectivity index (χ2v) is 15.0. The molecule has 0 aliphatic carbocycles. The first kappa shape index (κ1) is 41.1. The number of nitriles is 1. The number of halogens is 4. The molecular weight excluding hydrogens is 723 g/mol. The van der Waals surface area contributed by atoms with Crippen molar-refractivity contribution in [3.63, 3.8) is 0 Å². The summed E-state index contributed by atoms with van der Waals surface area (Å²) < 4.78 is 67.8. The molecule has 2 fully saturated rings. The van der Waals surface area contributed by atoms with Crippen molar-refractivity contribution in [1.82, 2.24) is 29.0 Å². The van der Waals surface area contributed by atoms with Crippen LogP contribution in [-0.2, 0) is 23.9 Å². The Bertz CT molecular complexity index is 1710. The number of carbonyl (C=O) groups is 1. The number of nitrogens with zero attached hydrogens (tertiary/aromatic N) is 9. The molecule has 2 saturated heterocycles. The molecule has 2 aromatic heterocycles. The summed E-state index contributed by atoms with van der Waals surface area (Å²) in [5.41, 5.74) is -0.212. The number of methoxy groups -OCH3 is 1. The summed E-state index contributed by atoms with van der Waals surface area (Å²) in [6.45, 7) is 9.12. The van der Waals surface area contributed by atoms with E-state index in [1.54, 1.807) is 42.3 Å². The van der Waals surface area contributed by atoms with Crippen molar-refractivity contribution in [3.8, 4) is 12.1 Å². The van der Waals surface area contributed by atoms with E-state index < -0.39 is 29.5 Å². The maximum absolute atomic E-state index is 14.2. The highest BCUT2D eigenvalue weighted by Gasteiger charge is 2.39. The Kier molecular flexibility index (Phi) is 14.1. The Hall–Kier alpha value is -3.69. The molecule has 1 amide bonds. The topological polar surface area (TPSA) is 116 Å². The summed E-state index contributed by atoms with van der Waals surface area (Å²) in [6.07, 6.45) is 3.36. The number of thioether (sulfide) groups is 1. The van der Waals surface area contributed by atoms with E-state index in [0.29, 0.717) is 31.0 Å². The average molecular weight is 770 g/mol. The lowest BCUT2D eigenvalue weighted by atomic mass is 10.0. The SMILES string of the molecule is CN1CCCC1.COc1nc2c(c(N3CCN(C(=O)OC(C)(C)C)C(CC#N)C3)n1)CCN(c1c(C(F)(F)F)ccc3c1cnn3SF)C2.CSC. The normalized spacial score (nSPS) is 17.8. The van der Waals surface area contributed by atoms with E-state index in [1.165, 1.54) is 45.3 Å². The summed E-state index contributed by atoms with van der Waals surface area (Å²) in [7, 11) is 3.57. The summed E-state index contributed by atoms with van der Waals surface area (Å²) in [4.78, 5) is 29.4. The Morgan fingerprint density at radius 2 is 1.75 bits per heavy atom. The van der Waals surface area contributed by atoms with Crippen molar-refractivity contribution in [2.24, 2.45) is 0 Å². The first-order valence-corrected chi connectivity index (χ1v) is 19.2. The summed E-state index contributed by atoms with van der Waals surface area (Å²) in [5.74, 6) is 0.546. The van der Waals surface area contributed by atoms with Crippen LogP contribution >= 0.6 is 24.1 Å². The van der Waals surface area contributed by atoms with Gasteiger partial charge in [-0.3, -0.25) is 0 Å². The Balaban J connectivity index is 0.000000593. The van der Waals surface area contributed by atoms with Crippen LogP contribution in [0.5, 0.6) is 6.01 Å². The van der Waals surface area contributed by atoms with Crippen LogP contribution < -0.4 is 14.5 Å². The Labute approximate surface area is 311 Å². The number of benzene rings is 1. The number of likely N-dealkylation sites (tertiary alicyclic amines) is 1. The van der Waals surface area contributed by atoms with Crippen molar-refractivity contribution in [3.05, 3.63) is 35.2 Å². The highest BCUT2D eigenvalue weighted by Crippen LogP contribution is 2.43. The minimum Gasteiger partial charge on any atom is -0.467 e. The molecule has 0 bridgehead atoms. The quantitative estimate of drug-likeness (QED) is 0.254. The third kappa shape index (κ3) is 10.0. The minimum atomic E-state index is -4.66. The number of anilines is 2. The first-order chi connectivity index (χ1) is 24.6. The summed E-state index contributed by atoms with van der Waals surface area (Å²) >= 11 is 1.55. The van der Waals surface area contributed by atoms with Gasteiger partial charge in [-0.1, -0.05) is 0 Å². The van der Waals surface area contributed by atoms with E-state index >= 15 is 0 Å². The maximum atomic E-state index is 14.2. The zero-order valence-electron chi connectivity index (χ0n) is 30.7. The van der Waals surface area contributed by atoms with Crippen molar-refractivity contribution >= 4 is 52.6 Å². The molecule has 0 N–H and O–H groups in total. The average Bonchev–Trinajstić information content (AvgIpc) is 3.75. The number of aromatic nitrogens is 4. The molecule has 3 aromatic rings. The highest BCUT2D eigenvalue weighted by molar-refractivity contribution is 7.97. The van der Waals surface area contributed by atoms with E-state index in [1.807, 2.05) is 17.4 Å². The molecular formula is C34H47F4N9O3S2. The van der Waals surface area contributed by atoms with Gasteiger partial charge in [-0.05, 0) is 84.8 Å². The molecule has 0 saturated carbocycles. The van der Waals surface area contributed by atoms with Gasteiger partial charge in [-0.25, -0.2) is 4.79 Å². The molecule has 3 aliphatic rings. The molecule has 12 nitrogen and oxygen atoms in total. The van der Waals surface area contributed by atoms with Gasteiger partial charge in [0, 0.05) is 37.1 Å². The van der Waals surface area contributed by atoms with E-state index in [-0.39, 0.29) is 61.0 Å². The van der Waals surface area contributed by atoms with Crippen LogP contribution in [0.15, 0.2) is 18.3 Å². The fourth-order valence-electron chi connectivity index (χ4n) is 6.38. The summed E-state index contributed by atoms with van der Waals surface area (Å²) in [6, 6.07) is 3.85. The molecule has 52 heavy (non-hydrogen) atoms. The second-order valence-electron chi connectivity index (χ2n) is 13.7. The number of fused-ring (bicyclic) bond motifs is 2. The van der Waals surface area contributed by atoms with Gasteiger partial charge >= 0.3 is 18.3 Å². The molecule has 0 spiro atoms. The number of alkyl halides is 3. The predicted octanol–water partition coefficient (Wildman–Crippen LogP) is 6.83. The van der Waals surface area contributed by atoms with Crippen LogP contribution in [0.4, 0.5) is 33.4 Å². The van der Waals surface area contributed by atoms with E-state index in [4.69, 9.17) is 9.47 Å². The molecule has 1 unspecified atom stereocenters. The molecule has 1 aromatic carbocycles. The van der Waals surface area contributed by atoms with Gasteiger partial charge in [0.1, 0.15) is 11.4 Å². The lowest BCUT2D eigenvalue weighted by Gasteiger charge is -2.42. The van der Waals surface area contributed by atoms with Crippen molar-refractivity contribution in [2.75, 3.05) is 75.7 Å². The van der Waals surface area contributed by atoms with E-state index in [2.05, 4.69) is 33.1 Å². The van der Waals surface area contributed by atoms with E-state index in [0.717, 1.165) is 15.7 Å². The van der Waals surface area contributed by atoms with Crippen LogP contribution in [0.1, 0.15) is 56.9 Å². The van der Waals surface area contributed by atoms with Gasteiger partial charge < -0.3 is 29.1 Å². The molecule has 18 heteroatoms. The second kappa shape index (κ2) is 17.9. The Morgan fingerprint density at radius 1 is 1.06 bits per heavy atom. The summed E-state index contributed by atoms with van der Waals surface area (Å²) in [5, 5.41) is 13.6. The third-order valence-electron chi connectivity index (χ3n) is 8.65. The van der Waals surface area contributed by atoms with Crippen molar-refractivity contribution in [2.45, 2.75) is 70.8 Å². The number of piperazine rings is 1. The van der Waals surface area contributed by atoms with Gasteiger partial charge in [0.2, 0.25) is 0 Å². The van der Waals surface area contributed by atoms with E-state index in [9.17, 15) is 27.1 Å². The number of ether oxygens (including phenoxy) is 2. The minimum absolute atomic E-state index is 0.0108.